The maximum atomic E-state index is 12.9. The Morgan fingerprint density at radius 1 is 1.00 bits per heavy atom. The predicted molar refractivity (Wildman–Crippen MR) is 165 cm³/mol. The molecule has 0 amide bonds. The lowest BCUT2D eigenvalue weighted by Crippen LogP contribution is -2.19. The molecule has 1 fully saturated rings. The number of hydrogen-bond acceptors (Lipinski definition) is 11. The smallest absolute Gasteiger partial charge is 0.341 e. The van der Waals surface area contributed by atoms with E-state index in [4.69, 9.17) is 18.9 Å². The SMILES string of the molecule is COC(=O)c1ccc(/C=C/C(=O)c2ccccc2C(=O)OC)cc1OCC1CCC(n2cnc3c(/N=C/N(C)C)ncnc32)O1. The summed E-state index contributed by atoms with van der Waals surface area (Å²) >= 11 is 0. The summed E-state index contributed by atoms with van der Waals surface area (Å²) in [6, 6.07) is 11.3. The number of fused-ring (bicyclic) bond motifs is 1. The van der Waals surface area contributed by atoms with Crippen LogP contribution in [0.15, 0.2) is 66.2 Å². The number of imidazole rings is 1. The number of aliphatic imine (C=N–C) groups is 1. The first kappa shape index (κ1) is 31.0. The Labute approximate surface area is 259 Å². The number of benzene rings is 2. The molecule has 13 heteroatoms. The lowest BCUT2D eigenvalue weighted by Gasteiger charge is -2.17. The van der Waals surface area contributed by atoms with Gasteiger partial charge in [0.25, 0.3) is 0 Å². The standard InChI is InChI=1S/C32H32N6O7/c1-37(2)18-36-29-28-30(34-17-33-29)38(19-35-28)27-14-11-21(45-27)16-44-26-15-20(9-12-24(26)32(41)43-4)10-13-25(39)22-7-5-6-8-23(22)31(40)42-3/h5-10,12-13,15,17-19,21,27H,11,14,16H2,1-4H3/b13-10+,36-18+. The number of rotatable bonds is 11. The lowest BCUT2D eigenvalue weighted by atomic mass is 10.0. The number of aromatic nitrogens is 4. The Hall–Kier alpha value is -5.43. The third kappa shape index (κ3) is 7.04. The largest absolute Gasteiger partial charge is 0.490 e. The van der Waals surface area contributed by atoms with Crippen molar-refractivity contribution in [1.29, 1.82) is 0 Å². The Balaban J connectivity index is 1.29. The normalized spacial score (nSPS) is 16.4. The number of nitrogens with zero attached hydrogens (tertiary/aromatic N) is 6. The summed E-state index contributed by atoms with van der Waals surface area (Å²) in [5.74, 6) is -0.803. The second-order valence-corrected chi connectivity index (χ2v) is 10.3. The summed E-state index contributed by atoms with van der Waals surface area (Å²) in [5, 5.41) is 0. The van der Waals surface area contributed by atoms with Crippen LogP contribution in [0.4, 0.5) is 5.82 Å². The van der Waals surface area contributed by atoms with Crippen molar-refractivity contribution >= 4 is 47.1 Å². The van der Waals surface area contributed by atoms with Crippen LogP contribution >= 0.6 is 0 Å². The average molecular weight is 613 g/mol. The van der Waals surface area contributed by atoms with Crippen molar-refractivity contribution in [2.45, 2.75) is 25.2 Å². The highest BCUT2D eigenvalue weighted by Crippen LogP contribution is 2.33. The van der Waals surface area contributed by atoms with Crippen molar-refractivity contribution in [3.63, 3.8) is 0 Å². The van der Waals surface area contributed by atoms with Gasteiger partial charge in [0, 0.05) is 19.7 Å². The molecule has 1 saturated heterocycles. The van der Waals surface area contributed by atoms with Crippen molar-refractivity contribution < 1.29 is 33.3 Å². The van der Waals surface area contributed by atoms with Gasteiger partial charge in [0.2, 0.25) is 0 Å². The summed E-state index contributed by atoms with van der Waals surface area (Å²) < 4.78 is 23.9. The lowest BCUT2D eigenvalue weighted by molar-refractivity contribution is -0.0161. The molecule has 4 aromatic rings. The van der Waals surface area contributed by atoms with E-state index in [9.17, 15) is 14.4 Å². The van der Waals surface area contributed by atoms with E-state index < -0.39 is 11.9 Å². The number of esters is 2. The quantitative estimate of drug-likeness (QED) is 0.0786. The van der Waals surface area contributed by atoms with Crippen LogP contribution in [-0.4, -0.2) is 89.5 Å². The first-order valence-electron chi connectivity index (χ1n) is 14.1. The van der Waals surface area contributed by atoms with E-state index in [-0.39, 0.29) is 47.2 Å². The zero-order chi connectivity index (χ0) is 31.9. The van der Waals surface area contributed by atoms with Gasteiger partial charge in [-0.05, 0) is 42.7 Å². The molecule has 0 N–H and O–H groups in total. The van der Waals surface area contributed by atoms with Gasteiger partial charge < -0.3 is 23.8 Å². The fraction of sp³-hybridized carbons (Fsp3) is 0.281. The van der Waals surface area contributed by atoms with E-state index in [1.807, 2.05) is 18.7 Å². The Morgan fingerprint density at radius 3 is 2.51 bits per heavy atom. The number of hydrogen-bond donors (Lipinski definition) is 0. The topological polar surface area (TPSA) is 147 Å². The molecule has 45 heavy (non-hydrogen) atoms. The predicted octanol–water partition coefficient (Wildman–Crippen LogP) is 4.27. The second-order valence-electron chi connectivity index (χ2n) is 10.3. The fourth-order valence-electron chi connectivity index (χ4n) is 4.80. The Bertz CT molecular complexity index is 1780. The molecule has 0 aliphatic carbocycles. The number of ether oxygens (including phenoxy) is 4. The van der Waals surface area contributed by atoms with E-state index in [2.05, 4.69) is 19.9 Å². The zero-order valence-corrected chi connectivity index (χ0v) is 25.2. The molecule has 5 rings (SSSR count). The number of carbonyl (C=O) groups excluding carboxylic acids is 3. The number of methoxy groups -OCH3 is 2. The maximum absolute atomic E-state index is 12.9. The molecule has 2 atom stereocenters. The number of allylic oxidation sites excluding steroid dienone is 1. The minimum Gasteiger partial charge on any atom is -0.490 e. The summed E-state index contributed by atoms with van der Waals surface area (Å²) in [4.78, 5) is 56.8. The zero-order valence-electron chi connectivity index (χ0n) is 25.2. The molecule has 2 aromatic carbocycles. The molecule has 0 radical (unpaired) electrons. The van der Waals surface area contributed by atoms with Crippen LogP contribution < -0.4 is 4.74 Å². The summed E-state index contributed by atoms with van der Waals surface area (Å²) in [7, 11) is 6.28. The van der Waals surface area contributed by atoms with E-state index in [1.165, 1.54) is 32.7 Å². The molecule has 0 bridgehead atoms. The number of carbonyl (C=O) groups is 3. The average Bonchev–Trinajstić information content (AvgIpc) is 3.72. The van der Waals surface area contributed by atoms with Crippen LogP contribution in [0.1, 0.15) is 55.7 Å². The second kappa shape index (κ2) is 13.9. The molecule has 0 saturated carbocycles. The minimum atomic E-state index is -0.602. The van der Waals surface area contributed by atoms with Crippen LogP contribution in [0.3, 0.4) is 0 Å². The molecule has 232 valence electrons. The van der Waals surface area contributed by atoms with Gasteiger partial charge in [0.1, 0.15) is 30.5 Å². The van der Waals surface area contributed by atoms with Crippen molar-refractivity contribution in [2.75, 3.05) is 34.9 Å². The highest BCUT2D eigenvalue weighted by Gasteiger charge is 2.29. The first-order valence-corrected chi connectivity index (χ1v) is 14.1. The van der Waals surface area contributed by atoms with Crippen molar-refractivity contribution in [2.24, 2.45) is 4.99 Å². The third-order valence-corrected chi connectivity index (χ3v) is 7.01. The van der Waals surface area contributed by atoms with Crippen molar-refractivity contribution in [1.82, 2.24) is 24.4 Å². The van der Waals surface area contributed by atoms with Crippen molar-refractivity contribution in [3.05, 3.63) is 83.4 Å². The van der Waals surface area contributed by atoms with E-state index in [1.54, 1.807) is 60.0 Å². The maximum Gasteiger partial charge on any atom is 0.341 e. The Kier molecular flexibility index (Phi) is 9.58. The van der Waals surface area contributed by atoms with Gasteiger partial charge in [0.05, 0.1) is 38.6 Å². The van der Waals surface area contributed by atoms with Gasteiger partial charge in [-0.3, -0.25) is 9.36 Å². The fourth-order valence-corrected chi connectivity index (χ4v) is 4.80. The van der Waals surface area contributed by atoms with Gasteiger partial charge >= 0.3 is 11.9 Å². The minimum absolute atomic E-state index is 0.166. The molecule has 0 spiro atoms. The molecule has 2 unspecified atom stereocenters. The van der Waals surface area contributed by atoms with E-state index in [0.29, 0.717) is 35.4 Å². The van der Waals surface area contributed by atoms with Gasteiger partial charge in [-0.2, -0.15) is 0 Å². The van der Waals surface area contributed by atoms with E-state index >= 15 is 0 Å². The molecule has 13 nitrogen and oxygen atoms in total. The van der Waals surface area contributed by atoms with Crippen LogP contribution in [0.5, 0.6) is 5.75 Å². The van der Waals surface area contributed by atoms with Gasteiger partial charge in [-0.15, -0.1) is 0 Å². The highest BCUT2D eigenvalue weighted by atomic mass is 16.6. The van der Waals surface area contributed by atoms with Crippen LogP contribution in [0, 0.1) is 0 Å². The first-order chi connectivity index (χ1) is 21.8. The molecule has 1 aliphatic rings. The van der Waals surface area contributed by atoms with E-state index in [0.717, 1.165) is 0 Å². The van der Waals surface area contributed by atoms with Crippen molar-refractivity contribution in [3.8, 4) is 5.75 Å². The van der Waals surface area contributed by atoms with Crippen LogP contribution in [-0.2, 0) is 14.2 Å². The molecule has 3 heterocycles. The third-order valence-electron chi connectivity index (χ3n) is 7.01. The molecule has 1 aliphatic heterocycles. The Morgan fingerprint density at radius 2 is 1.76 bits per heavy atom. The van der Waals surface area contributed by atoms with Gasteiger partial charge in [-0.1, -0.05) is 30.3 Å². The van der Waals surface area contributed by atoms with Gasteiger partial charge in [-0.25, -0.2) is 29.5 Å². The number of ketones is 1. The van der Waals surface area contributed by atoms with Crippen LogP contribution in [0.2, 0.25) is 0 Å². The molecular formula is C32H32N6O7. The molecule has 2 aromatic heterocycles. The summed E-state index contributed by atoms with van der Waals surface area (Å²) in [6.45, 7) is 0.166. The van der Waals surface area contributed by atoms with Crippen LogP contribution in [0.25, 0.3) is 17.2 Å². The summed E-state index contributed by atoms with van der Waals surface area (Å²) in [6.07, 6.45) is 8.48. The monoisotopic (exact) mass is 612 g/mol. The highest BCUT2D eigenvalue weighted by molar-refractivity contribution is 6.12. The molecular weight excluding hydrogens is 580 g/mol. The van der Waals surface area contributed by atoms with Gasteiger partial charge in [0.15, 0.2) is 22.8 Å². The summed E-state index contributed by atoms with van der Waals surface area (Å²) in [5.41, 5.74) is 2.39.